The van der Waals surface area contributed by atoms with Crippen LogP contribution in [0.3, 0.4) is 0 Å². The van der Waals surface area contributed by atoms with Crippen molar-refractivity contribution in [3.8, 4) is 0 Å². The first kappa shape index (κ1) is 18.1. The Labute approximate surface area is 115 Å². The van der Waals surface area contributed by atoms with Crippen LogP contribution >= 0.6 is 0 Å². The molecule has 0 aliphatic rings. The lowest BCUT2D eigenvalue weighted by atomic mass is 10.3. The van der Waals surface area contributed by atoms with Gasteiger partial charge in [-0.05, 0) is 13.3 Å². The lowest BCUT2D eigenvalue weighted by molar-refractivity contribution is -0.890. The molecule has 0 bridgehead atoms. The summed E-state index contributed by atoms with van der Waals surface area (Å²) in [5, 5.41) is -0.806. The summed E-state index contributed by atoms with van der Waals surface area (Å²) in [5.74, 6) is -0.457. The smallest absolute Gasteiger partial charge is 0.333 e. The van der Waals surface area contributed by atoms with Gasteiger partial charge in [0.2, 0.25) is 0 Å². The molecular weight excluding hydrogens is 270 g/mol. The molecule has 0 fully saturated rings. The zero-order chi connectivity index (χ0) is 15.3. The summed E-state index contributed by atoms with van der Waals surface area (Å²) in [6, 6.07) is 0. The van der Waals surface area contributed by atoms with Gasteiger partial charge >= 0.3 is 5.97 Å². The molecule has 0 spiro atoms. The second kappa shape index (κ2) is 7.02. The standard InChI is InChI=1S/C12H23NO5S/c1-6-11(19(15,16)17)9-13(4,5)7-8-18-12(14)10(2)3/h11H,2,6-9H2,1,3-5H3/p+1. The average Bonchev–Trinajstić information content (AvgIpc) is 2.23. The fourth-order valence-electron chi connectivity index (χ4n) is 1.59. The third-order valence-corrected chi connectivity index (χ3v) is 4.18. The van der Waals surface area contributed by atoms with E-state index >= 15 is 0 Å². The van der Waals surface area contributed by atoms with Crippen LogP contribution in [0.1, 0.15) is 20.3 Å². The number of quaternary nitrogens is 1. The minimum absolute atomic E-state index is 0.181. The molecular formula is C12H24NO5S+. The van der Waals surface area contributed by atoms with Gasteiger partial charge in [-0.2, -0.15) is 8.42 Å². The summed E-state index contributed by atoms with van der Waals surface area (Å²) < 4.78 is 36.7. The highest BCUT2D eigenvalue weighted by Gasteiger charge is 2.29. The quantitative estimate of drug-likeness (QED) is 0.311. The van der Waals surface area contributed by atoms with Crippen molar-refractivity contribution in [1.82, 2.24) is 0 Å². The van der Waals surface area contributed by atoms with Crippen molar-refractivity contribution in [2.24, 2.45) is 0 Å². The molecule has 0 rings (SSSR count). The average molecular weight is 294 g/mol. The van der Waals surface area contributed by atoms with Crippen LogP contribution in [0.5, 0.6) is 0 Å². The molecule has 19 heavy (non-hydrogen) atoms. The molecule has 0 aliphatic heterocycles. The van der Waals surface area contributed by atoms with E-state index in [-0.39, 0.29) is 13.2 Å². The molecule has 7 heteroatoms. The molecule has 1 atom stereocenters. The van der Waals surface area contributed by atoms with E-state index in [1.165, 1.54) is 0 Å². The summed E-state index contributed by atoms with van der Waals surface area (Å²) in [5.41, 5.74) is 0.328. The number of esters is 1. The summed E-state index contributed by atoms with van der Waals surface area (Å²) in [4.78, 5) is 11.2. The molecule has 0 saturated heterocycles. The summed E-state index contributed by atoms with van der Waals surface area (Å²) in [6.45, 7) is 7.65. The first-order valence-corrected chi connectivity index (χ1v) is 7.61. The van der Waals surface area contributed by atoms with Gasteiger partial charge in [0, 0.05) is 5.57 Å². The summed E-state index contributed by atoms with van der Waals surface area (Å²) in [7, 11) is -0.397. The minimum atomic E-state index is -4.04. The Bertz CT molecular complexity index is 427. The van der Waals surface area contributed by atoms with Crippen molar-refractivity contribution >= 4 is 16.1 Å². The zero-order valence-electron chi connectivity index (χ0n) is 12.0. The number of ether oxygens (including phenoxy) is 1. The van der Waals surface area contributed by atoms with E-state index in [2.05, 4.69) is 6.58 Å². The second-order valence-corrected chi connectivity index (χ2v) is 7.00. The predicted octanol–water partition coefficient (Wildman–Crippen LogP) is 0.849. The number of rotatable bonds is 8. The van der Waals surface area contributed by atoms with Gasteiger partial charge in [0.15, 0.2) is 0 Å². The Morgan fingerprint density at radius 2 is 1.95 bits per heavy atom. The van der Waals surface area contributed by atoms with Gasteiger partial charge in [-0.15, -0.1) is 0 Å². The van der Waals surface area contributed by atoms with Crippen LogP contribution in [0.15, 0.2) is 12.2 Å². The Morgan fingerprint density at radius 3 is 2.32 bits per heavy atom. The van der Waals surface area contributed by atoms with E-state index < -0.39 is 21.3 Å². The monoisotopic (exact) mass is 294 g/mol. The van der Waals surface area contributed by atoms with Gasteiger partial charge < -0.3 is 9.22 Å². The van der Waals surface area contributed by atoms with E-state index in [1.54, 1.807) is 13.8 Å². The van der Waals surface area contributed by atoms with Crippen LogP contribution < -0.4 is 0 Å². The van der Waals surface area contributed by atoms with Gasteiger partial charge in [0.25, 0.3) is 10.1 Å². The molecule has 6 nitrogen and oxygen atoms in total. The number of carbonyl (C=O) groups excluding carboxylic acids is 1. The summed E-state index contributed by atoms with van der Waals surface area (Å²) >= 11 is 0. The lowest BCUT2D eigenvalue weighted by Crippen LogP contribution is -2.49. The maximum Gasteiger partial charge on any atom is 0.333 e. The van der Waals surface area contributed by atoms with Crippen LogP contribution in [0.4, 0.5) is 0 Å². The highest BCUT2D eigenvalue weighted by Crippen LogP contribution is 2.10. The topological polar surface area (TPSA) is 80.7 Å². The minimum Gasteiger partial charge on any atom is -0.456 e. The molecule has 0 heterocycles. The van der Waals surface area contributed by atoms with Crippen molar-refractivity contribution in [3.05, 3.63) is 12.2 Å². The van der Waals surface area contributed by atoms with Crippen molar-refractivity contribution < 1.29 is 27.0 Å². The molecule has 0 aromatic carbocycles. The van der Waals surface area contributed by atoms with Crippen molar-refractivity contribution in [3.63, 3.8) is 0 Å². The normalized spacial score (nSPS) is 13.9. The molecule has 0 saturated carbocycles. The summed E-state index contributed by atoms with van der Waals surface area (Å²) in [6.07, 6.45) is 0.339. The molecule has 112 valence electrons. The second-order valence-electron chi connectivity index (χ2n) is 5.30. The van der Waals surface area contributed by atoms with Crippen molar-refractivity contribution in [1.29, 1.82) is 0 Å². The van der Waals surface area contributed by atoms with Crippen LogP contribution in [0.25, 0.3) is 0 Å². The molecule has 0 aromatic rings. The highest BCUT2D eigenvalue weighted by atomic mass is 32.2. The Balaban J connectivity index is 4.40. The number of nitrogens with zero attached hydrogens (tertiary/aromatic N) is 1. The van der Waals surface area contributed by atoms with Crippen molar-refractivity contribution in [2.45, 2.75) is 25.5 Å². The van der Waals surface area contributed by atoms with Crippen LogP contribution in [-0.4, -0.2) is 62.5 Å². The van der Waals surface area contributed by atoms with Crippen LogP contribution in [0, 0.1) is 0 Å². The first-order chi connectivity index (χ1) is 8.49. The Kier molecular flexibility index (Phi) is 6.68. The zero-order valence-corrected chi connectivity index (χ0v) is 12.9. The lowest BCUT2D eigenvalue weighted by Gasteiger charge is -2.32. The largest absolute Gasteiger partial charge is 0.456 e. The number of likely N-dealkylation sites (N-methyl/N-ethyl adjacent to an activating group) is 1. The Hall–Kier alpha value is -0.920. The fourth-order valence-corrected chi connectivity index (χ4v) is 2.60. The van der Waals surface area contributed by atoms with E-state index in [1.807, 2.05) is 14.1 Å². The predicted molar refractivity (Wildman–Crippen MR) is 73.2 cm³/mol. The van der Waals surface area contributed by atoms with E-state index in [4.69, 9.17) is 9.29 Å². The van der Waals surface area contributed by atoms with E-state index in [0.29, 0.717) is 23.0 Å². The number of hydrogen-bond acceptors (Lipinski definition) is 4. The van der Waals surface area contributed by atoms with E-state index in [9.17, 15) is 13.2 Å². The third-order valence-electron chi connectivity index (χ3n) is 2.85. The molecule has 1 N–H and O–H groups in total. The van der Waals surface area contributed by atoms with Crippen LogP contribution in [-0.2, 0) is 19.6 Å². The maximum absolute atomic E-state index is 11.2. The van der Waals surface area contributed by atoms with Crippen molar-refractivity contribution in [2.75, 3.05) is 33.8 Å². The highest BCUT2D eigenvalue weighted by molar-refractivity contribution is 7.86. The fraction of sp³-hybridized carbons (Fsp3) is 0.750. The molecule has 0 aliphatic carbocycles. The number of hydrogen-bond donors (Lipinski definition) is 1. The van der Waals surface area contributed by atoms with Gasteiger partial charge in [-0.1, -0.05) is 13.5 Å². The van der Waals surface area contributed by atoms with Gasteiger partial charge in [-0.3, -0.25) is 4.55 Å². The van der Waals surface area contributed by atoms with Gasteiger partial charge in [-0.25, -0.2) is 4.79 Å². The van der Waals surface area contributed by atoms with Gasteiger partial charge in [0.05, 0.1) is 20.6 Å². The molecule has 0 amide bonds. The maximum atomic E-state index is 11.2. The SMILES string of the molecule is C=C(C)C(=O)OCC[N+](C)(C)CC(CC)S(=O)(=O)O. The first-order valence-electron chi connectivity index (χ1n) is 6.10. The van der Waals surface area contributed by atoms with Gasteiger partial charge in [0.1, 0.15) is 18.4 Å². The number of carbonyl (C=O) groups is 1. The Morgan fingerprint density at radius 1 is 1.42 bits per heavy atom. The molecule has 0 radical (unpaired) electrons. The van der Waals surface area contributed by atoms with Crippen LogP contribution in [0.2, 0.25) is 0 Å². The third kappa shape index (κ3) is 7.29. The van der Waals surface area contributed by atoms with E-state index in [0.717, 1.165) is 0 Å². The molecule has 1 unspecified atom stereocenters. The molecule has 0 aromatic heterocycles.